The van der Waals surface area contributed by atoms with Crippen LogP contribution in [0.15, 0.2) is 0 Å². The van der Waals surface area contributed by atoms with Gasteiger partial charge < -0.3 is 9.47 Å². The lowest BCUT2D eigenvalue weighted by Crippen LogP contribution is -2.58. The van der Waals surface area contributed by atoms with Gasteiger partial charge >= 0.3 is 0 Å². The third-order valence-electron chi connectivity index (χ3n) is 6.76. The van der Waals surface area contributed by atoms with Crippen LogP contribution in [0.25, 0.3) is 0 Å². The van der Waals surface area contributed by atoms with E-state index in [1.807, 2.05) is 0 Å². The predicted octanol–water partition coefficient (Wildman–Crippen LogP) is 4.38. The molecule has 2 saturated carbocycles. The molecule has 0 bridgehead atoms. The maximum absolute atomic E-state index is 6.15. The van der Waals surface area contributed by atoms with Gasteiger partial charge in [-0.25, -0.2) is 0 Å². The summed E-state index contributed by atoms with van der Waals surface area (Å²) in [6, 6.07) is 0. The van der Waals surface area contributed by atoms with Crippen molar-refractivity contribution >= 4 is 0 Å². The molecule has 0 radical (unpaired) electrons. The summed E-state index contributed by atoms with van der Waals surface area (Å²) in [6.45, 7) is 11.3. The molecule has 0 aromatic rings. The molecule has 1 heterocycles. The third-order valence-corrected chi connectivity index (χ3v) is 6.76. The van der Waals surface area contributed by atoms with Crippen molar-refractivity contribution < 1.29 is 9.47 Å². The largest absolute Gasteiger partial charge is 0.355 e. The Morgan fingerprint density at radius 1 is 0.895 bits per heavy atom. The highest BCUT2D eigenvalue weighted by molar-refractivity contribution is 5.08. The molecule has 19 heavy (non-hydrogen) atoms. The van der Waals surface area contributed by atoms with Crippen LogP contribution in [0.1, 0.15) is 66.2 Å². The lowest BCUT2D eigenvalue weighted by molar-refractivity contribution is -0.201. The summed E-state index contributed by atoms with van der Waals surface area (Å²) >= 11 is 0. The Balaban J connectivity index is 1.96. The maximum Gasteiger partial charge on any atom is 0.147 e. The van der Waals surface area contributed by atoms with Crippen molar-refractivity contribution in [2.75, 3.05) is 13.4 Å². The zero-order valence-corrected chi connectivity index (χ0v) is 13.1. The monoisotopic (exact) mass is 266 g/mol. The minimum absolute atomic E-state index is 0.0508. The van der Waals surface area contributed by atoms with Crippen molar-refractivity contribution in [3.05, 3.63) is 0 Å². The molecule has 4 atom stereocenters. The molecule has 1 saturated heterocycles. The van der Waals surface area contributed by atoms with Crippen LogP contribution in [0, 0.1) is 22.7 Å². The summed E-state index contributed by atoms with van der Waals surface area (Å²) in [5.74, 6) is 1.52. The van der Waals surface area contributed by atoms with Crippen molar-refractivity contribution in [3.63, 3.8) is 0 Å². The molecular weight excluding hydrogens is 236 g/mol. The van der Waals surface area contributed by atoms with E-state index in [-0.39, 0.29) is 5.60 Å². The van der Waals surface area contributed by atoms with Gasteiger partial charge in [0.05, 0.1) is 5.60 Å². The van der Waals surface area contributed by atoms with E-state index in [2.05, 4.69) is 27.7 Å². The SMILES string of the molecule is CC1(C)CCCC2(C)C1CCC1(C)OCOCCC12. The van der Waals surface area contributed by atoms with Gasteiger partial charge in [-0.05, 0) is 61.7 Å². The van der Waals surface area contributed by atoms with Crippen LogP contribution >= 0.6 is 0 Å². The quantitative estimate of drug-likeness (QED) is 0.647. The third kappa shape index (κ3) is 2.06. The van der Waals surface area contributed by atoms with Crippen molar-refractivity contribution in [1.82, 2.24) is 0 Å². The topological polar surface area (TPSA) is 18.5 Å². The van der Waals surface area contributed by atoms with E-state index in [1.165, 1.54) is 38.5 Å². The van der Waals surface area contributed by atoms with Crippen molar-refractivity contribution in [1.29, 1.82) is 0 Å². The van der Waals surface area contributed by atoms with Crippen LogP contribution in [0.4, 0.5) is 0 Å². The van der Waals surface area contributed by atoms with E-state index in [0.29, 0.717) is 23.5 Å². The van der Waals surface area contributed by atoms with Gasteiger partial charge in [-0.15, -0.1) is 0 Å². The van der Waals surface area contributed by atoms with Gasteiger partial charge in [-0.3, -0.25) is 0 Å². The molecule has 2 aliphatic carbocycles. The van der Waals surface area contributed by atoms with E-state index < -0.39 is 0 Å². The molecule has 3 fully saturated rings. The predicted molar refractivity (Wildman–Crippen MR) is 76.9 cm³/mol. The average Bonchev–Trinajstić information content (AvgIpc) is 2.50. The highest BCUT2D eigenvalue weighted by Gasteiger charge is 2.58. The highest BCUT2D eigenvalue weighted by atomic mass is 16.7. The van der Waals surface area contributed by atoms with Crippen LogP contribution in [0.2, 0.25) is 0 Å². The zero-order valence-electron chi connectivity index (χ0n) is 13.1. The summed E-state index contributed by atoms with van der Waals surface area (Å²) in [5, 5.41) is 0. The molecule has 2 nitrogen and oxygen atoms in total. The van der Waals surface area contributed by atoms with Gasteiger partial charge in [0.25, 0.3) is 0 Å². The summed E-state index contributed by atoms with van der Waals surface area (Å²) in [4.78, 5) is 0. The second-order valence-electron chi connectivity index (χ2n) is 8.26. The smallest absolute Gasteiger partial charge is 0.147 e. The second-order valence-corrected chi connectivity index (χ2v) is 8.26. The molecule has 1 aliphatic heterocycles. The lowest BCUT2D eigenvalue weighted by atomic mass is 9.45. The number of ether oxygens (including phenoxy) is 2. The molecule has 2 heteroatoms. The van der Waals surface area contributed by atoms with Gasteiger partial charge in [0.15, 0.2) is 0 Å². The fourth-order valence-corrected chi connectivity index (χ4v) is 5.85. The Kier molecular flexibility index (Phi) is 3.26. The normalized spacial score (nSPS) is 49.9. The first-order chi connectivity index (χ1) is 8.89. The molecule has 0 aromatic heterocycles. The van der Waals surface area contributed by atoms with Gasteiger partial charge in [-0.2, -0.15) is 0 Å². The Morgan fingerprint density at radius 3 is 2.47 bits per heavy atom. The van der Waals surface area contributed by atoms with E-state index in [4.69, 9.17) is 9.47 Å². The molecule has 3 rings (SSSR count). The fourth-order valence-electron chi connectivity index (χ4n) is 5.85. The van der Waals surface area contributed by atoms with Gasteiger partial charge in [0.1, 0.15) is 6.79 Å². The molecule has 0 amide bonds. The van der Waals surface area contributed by atoms with Gasteiger partial charge in [-0.1, -0.05) is 27.2 Å². The van der Waals surface area contributed by atoms with Crippen LogP contribution in [0.5, 0.6) is 0 Å². The molecular formula is C17H30O2. The van der Waals surface area contributed by atoms with Crippen LogP contribution < -0.4 is 0 Å². The number of hydrogen-bond acceptors (Lipinski definition) is 2. The molecule has 110 valence electrons. The Morgan fingerprint density at radius 2 is 1.68 bits per heavy atom. The summed E-state index contributed by atoms with van der Waals surface area (Å²) in [5.41, 5.74) is 0.999. The van der Waals surface area contributed by atoms with Crippen LogP contribution in [0.3, 0.4) is 0 Å². The standard InChI is InChI=1S/C17H30O2/c1-15(2)8-5-9-16(3)13(15)6-10-17(4)14(16)7-11-18-12-19-17/h13-14H,5-12H2,1-4H3. The lowest BCUT2D eigenvalue weighted by Gasteiger charge is -2.61. The van der Waals surface area contributed by atoms with E-state index in [9.17, 15) is 0 Å². The van der Waals surface area contributed by atoms with Crippen LogP contribution in [-0.4, -0.2) is 19.0 Å². The van der Waals surface area contributed by atoms with Crippen molar-refractivity contribution in [3.8, 4) is 0 Å². The fraction of sp³-hybridized carbons (Fsp3) is 1.00. The minimum atomic E-state index is 0.0508. The van der Waals surface area contributed by atoms with E-state index in [0.717, 1.165) is 12.5 Å². The number of rotatable bonds is 0. The van der Waals surface area contributed by atoms with E-state index in [1.54, 1.807) is 0 Å². The van der Waals surface area contributed by atoms with Gasteiger partial charge in [0, 0.05) is 6.61 Å². The maximum atomic E-state index is 6.15. The highest BCUT2D eigenvalue weighted by Crippen LogP contribution is 2.63. The number of hydrogen-bond donors (Lipinski definition) is 0. The molecule has 0 aromatic carbocycles. The summed E-state index contributed by atoms with van der Waals surface area (Å²) < 4.78 is 11.8. The Hall–Kier alpha value is -0.0800. The van der Waals surface area contributed by atoms with Gasteiger partial charge in [0.2, 0.25) is 0 Å². The summed E-state index contributed by atoms with van der Waals surface area (Å²) in [6.07, 6.45) is 7.88. The van der Waals surface area contributed by atoms with Crippen molar-refractivity contribution in [2.45, 2.75) is 71.8 Å². The molecule has 4 unspecified atom stereocenters. The first kappa shape index (κ1) is 13.9. The Labute approximate surface area is 118 Å². The summed E-state index contributed by atoms with van der Waals surface area (Å²) in [7, 11) is 0. The van der Waals surface area contributed by atoms with Crippen molar-refractivity contribution in [2.24, 2.45) is 22.7 Å². The van der Waals surface area contributed by atoms with Crippen LogP contribution in [-0.2, 0) is 9.47 Å². The van der Waals surface area contributed by atoms with E-state index >= 15 is 0 Å². The molecule has 3 aliphatic rings. The second kappa shape index (κ2) is 4.46. The Bertz CT molecular complexity index is 351. The minimum Gasteiger partial charge on any atom is -0.355 e. The first-order valence-electron chi connectivity index (χ1n) is 8.10. The molecule has 0 spiro atoms. The number of fused-ring (bicyclic) bond motifs is 3. The average molecular weight is 266 g/mol. The molecule has 0 N–H and O–H groups in total. The first-order valence-corrected chi connectivity index (χ1v) is 8.10. The zero-order chi connectivity index (χ0) is 13.7.